The fraction of sp³-hybridized carbons (Fsp3) is 0.583. The SMILES string of the molecule is CC(C)(C)Nc1cc(N[C@H]2CC[C@H](O)C2)c2sc(-c3ccnn3C3CCCCO3)cc2n1. The second kappa shape index (κ2) is 8.65. The molecular weight excluding hydrogens is 422 g/mol. The Morgan fingerprint density at radius 2 is 2.06 bits per heavy atom. The lowest BCUT2D eigenvalue weighted by molar-refractivity contribution is -0.0383. The lowest BCUT2D eigenvalue weighted by Gasteiger charge is -2.24. The summed E-state index contributed by atoms with van der Waals surface area (Å²) in [4.78, 5) is 6.07. The highest BCUT2D eigenvalue weighted by Crippen LogP contribution is 2.40. The highest BCUT2D eigenvalue weighted by atomic mass is 32.1. The van der Waals surface area contributed by atoms with Crippen LogP contribution in [0.15, 0.2) is 24.4 Å². The van der Waals surface area contributed by atoms with Gasteiger partial charge >= 0.3 is 0 Å². The molecular formula is C24H33N5O2S. The van der Waals surface area contributed by atoms with Crippen LogP contribution < -0.4 is 10.6 Å². The zero-order chi connectivity index (χ0) is 22.3. The van der Waals surface area contributed by atoms with Gasteiger partial charge in [-0.2, -0.15) is 5.10 Å². The number of nitrogens with one attached hydrogen (secondary N) is 2. The summed E-state index contributed by atoms with van der Waals surface area (Å²) in [5, 5.41) is 21.8. The van der Waals surface area contributed by atoms with Gasteiger partial charge in [0.25, 0.3) is 0 Å². The number of rotatable bonds is 5. The Morgan fingerprint density at radius 1 is 1.19 bits per heavy atom. The molecule has 0 radical (unpaired) electrons. The van der Waals surface area contributed by atoms with E-state index < -0.39 is 0 Å². The molecule has 8 heteroatoms. The maximum absolute atomic E-state index is 10.00. The molecule has 3 N–H and O–H groups in total. The van der Waals surface area contributed by atoms with Gasteiger partial charge in [0, 0.05) is 30.5 Å². The van der Waals surface area contributed by atoms with Crippen molar-refractivity contribution in [2.24, 2.45) is 0 Å². The average molecular weight is 456 g/mol. The summed E-state index contributed by atoms with van der Waals surface area (Å²) in [5.41, 5.74) is 3.04. The molecule has 5 rings (SSSR count). The molecule has 3 aromatic rings. The van der Waals surface area contributed by atoms with Gasteiger partial charge in [0.1, 0.15) is 5.82 Å². The monoisotopic (exact) mass is 455 g/mol. The van der Waals surface area contributed by atoms with Crippen LogP contribution in [0.4, 0.5) is 11.5 Å². The summed E-state index contributed by atoms with van der Waals surface area (Å²) < 4.78 is 9.16. The lowest BCUT2D eigenvalue weighted by Crippen LogP contribution is -2.26. The normalized spacial score (nSPS) is 24.2. The summed E-state index contributed by atoms with van der Waals surface area (Å²) >= 11 is 1.74. The Labute approximate surface area is 193 Å². The molecule has 7 nitrogen and oxygen atoms in total. The van der Waals surface area contributed by atoms with Gasteiger partial charge in [0.15, 0.2) is 6.23 Å². The van der Waals surface area contributed by atoms with E-state index in [1.807, 2.05) is 10.9 Å². The van der Waals surface area contributed by atoms with Crippen molar-refractivity contribution in [3.63, 3.8) is 0 Å². The van der Waals surface area contributed by atoms with Crippen LogP contribution in [0.25, 0.3) is 20.8 Å². The molecule has 0 bridgehead atoms. The third kappa shape index (κ3) is 4.63. The predicted molar refractivity (Wildman–Crippen MR) is 130 cm³/mol. The minimum absolute atomic E-state index is 0.00242. The lowest BCUT2D eigenvalue weighted by atomic mass is 10.1. The smallest absolute Gasteiger partial charge is 0.150 e. The molecule has 3 atom stereocenters. The van der Waals surface area contributed by atoms with Crippen LogP contribution in [0.3, 0.4) is 0 Å². The van der Waals surface area contributed by atoms with Gasteiger partial charge in [0.05, 0.1) is 32.6 Å². The molecule has 1 saturated carbocycles. The Morgan fingerprint density at radius 3 is 2.78 bits per heavy atom. The van der Waals surface area contributed by atoms with Crippen LogP contribution in [0.1, 0.15) is 65.5 Å². The molecule has 1 aliphatic heterocycles. The predicted octanol–water partition coefficient (Wildman–Crippen LogP) is 5.39. The molecule has 2 fully saturated rings. The van der Waals surface area contributed by atoms with E-state index in [0.717, 1.165) is 71.0 Å². The molecule has 172 valence electrons. The maximum Gasteiger partial charge on any atom is 0.150 e. The molecule has 0 spiro atoms. The first-order chi connectivity index (χ1) is 15.4. The summed E-state index contributed by atoms with van der Waals surface area (Å²) in [7, 11) is 0. The molecule has 0 aromatic carbocycles. The number of fused-ring (bicyclic) bond motifs is 1. The summed E-state index contributed by atoms with van der Waals surface area (Å²) in [6.07, 6.45) is 7.56. The van der Waals surface area contributed by atoms with E-state index in [4.69, 9.17) is 9.72 Å². The molecule has 1 aliphatic carbocycles. The number of ether oxygens (including phenoxy) is 1. The van der Waals surface area contributed by atoms with Crippen LogP contribution in [-0.4, -0.2) is 44.2 Å². The molecule has 1 saturated heterocycles. The van der Waals surface area contributed by atoms with Crippen molar-refractivity contribution in [3.05, 3.63) is 24.4 Å². The number of hydrogen-bond acceptors (Lipinski definition) is 7. The van der Waals surface area contributed by atoms with Crippen molar-refractivity contribution in [1.82, 2.24) is 14.8 Å². The van der Waals surface area contributed by atoms with Crippen LogP contribution in [0, 0.1) is 0 Å². The van der Waals surface area contributed by atoms with E-state index >= 15 is 0 Å². The van der Waals surface area contributed by atoms with Crippen molar-refractivity contribution >= 4 is 33.1 Å². The number of thiophene rings is 1. The quantitative estimate of drug-likeness (QED) is 0.478. The second-order valence-electron chi connectivity index (χ2n) is 10.0. The van der Waals surface area contributed by atoms with Crippen molar-refractivity contribution in [1.29, 1.82) is 0 Å². The van der Waals surface area contributed by atoms with Gasteiger partial charge in [-0.05, 0) is 71.4 Å². The van der Waals surface area contributed by atoms with Crippen molar-refractivity contribution in [2.75, 3.05) is 17.2 Å². The third-order valence-corrected chi connectivity index (χ3v) is 7.28. The summed E-state index contributed by atoms with van der Waals surface area (Å²) in [6, 6.07) is 6.63. The number of hydrogen-bond donors (Lipinski definition) is 3. The standard InChI is InChI=1S/C24H33N5O2S/c1-24(2,3)28-21-14-18(26-15-7-8-16(30)12-15)23-17(27-21)13-20(32-23)19-9-10-25-29(19)22-6-4-5-11-31-22/h9-10,13-16,22,30H,4-8,11-12H2,1-3H3,(H2,26,27,28)/t15-,16-,22?/m0/s1. The van der Waals surface area contributed by atoms with E-state index in [-0.39, 0.29) is 23.9 Å². The van der Waals surface area contributed by atoms with Gasteiger partial charge in [-0.1, -0.05) is 0 Å². The molecule has 1 unspecified atom stereocenters. The van der Waals surface area contributed by atoms with Crippen LogP contribution >= 0.6 is 11.3 Å². The third-order valence-electron chi connectivity index (χ3n) is 6.10. The number of aliphatic hydroxyl groups excluding tert-OH is 1. The Balaban J connectivity index is 1.53. The molecule has 0 amide bonds. The molecule has 2 aliphatic rings. The number of aromatic nitrogens is 3. The fourth-order valence-electron chi connectivity index (χ4n) is 4.67. The van der Waals surface area contributed by atoms with Crippen molar-refractivity contribution < 1.29 is 9.84 Å². The fourth-order valence-corrected chi connectivity index (χ4v) is 5.76. The largest absolute Gasteiger partial charge is 0.393 e. The number of pyridine rings is 1. The van der Waals surface area contributed by atoms with Crippen LogP contribution in [0.2, 0.25) is 0 Å². The average Bonchev–Trinajstić information content (AvgIpc) is 3.46. The van der Waals surface area contributed by atoms with Gasteiger partial charge in [-0.15, -0.1) is 11.3 Å². The van der Waals surface area contributed by atoms with Gasteiger partial charge < -0.3 is 20.5 Å². The van der Waals surface area contributed by atoms with E-state index in [2.05, 4.69) is 54.7 Å². The summed E-state index contributed by atoms with van der Waals surface area (Å²) in [5.74, 6) is 0.861. The Hall–Kier alpha value is -2.16. The number of nitrogens with zero attached hydrogens (tertiary/aromatic N) is 3. The molecule has 4 heterocycles. The van der Waals surface area contributed by atoms with Gasteiger partial charge in [-0.3, -0.25) is 0 Å². The maximum atomic E-state index is 10.00. The second-order valence-corrected chi connectivity index (χ2v) is 11.1. The zero-order valence-corrected chi connectivity index (χ0v) is 19.9. The van der Waals surface area contributed by atoms with E-state index in [1.54, 1.807) is 11.3 Å². The zero-order valence-electron chi connectivity index (χ0n) is 19.1. The van der Waals surface area contributed by atoms with E-state index in [1.165, 1.54) is 6.42 Å². The highest BCUT2D eigenvalue weighted by Gasteiger charge is 2.25. The molecule has 32 heavy (non-hydrogen) atoms. The first-order valence-corrected chi connectivity index (χ1v) is 12.5. The first-order valence-electron chi connectivity index (χ1n) is 11.7. The number of anilines is 2. The van der Waals surface area contributed by atoms with E-state index in [9.17, 15) is 5.11 Å². The highest BCUT2D eigenvalue weighted by molar-refractivity contribution is 7.22. The van der Waals surface area contributed by atoms with Gasteiger partial charge in [-0.25, -0.2) is 9.67 Å². The minimum atomic E-state index is -0.208. The minimum Gasteiger partial charge on any atom is -0.393 e. The number of aliphatic hydroxyl groups is 1. The van der Waals surface area contributed by atoms with Gasteiger partial charge in [0.2, 0.25) is 0 Å². The Kier molecular flexibility index (Phi) is 5.86. The Bertz CT molecular complexity index is 1080. The topological polar surface area (TPSA) is 84.2 Å². The van der Waals surface area contributed by atoms with Crippen molar-refractivity contribution in [3.8, 4) is 10.6 Å². The van der Waals surface area contributed by atoms with E-state index in [0.29, 0.717) is 0 Å². The van der Waals surface area contributed by atoms with Crippen molar-refractivity contribution in [2.45, 2.75) is 83.2 Å². The first kappa shape index (κ1) is 21.7. The van der Waals surface area contributed by atoms with Crippen LogP contribution in [-0.2, 0) is 4.74 Å². The van der Waals surface area contributed by atoms with Crippen LogP contribution in [0.5, 0.6) is 0 Å². The summed E-state index contributed by atoms with van der Waals surface area (Å²) in [6.45, 7) is 7.21. The molecule has 3 aromatic heterocycles.